The maximum atomic E-state index is 12.5. The van der Waals surface area contributed by atoms with Crippen molar-refractivity contribution >= 4 is 5.91 Å². The highest BCUT2D eigenvalue weighted by atomic mass is 16.5. The first kappa shape index (κ1) is 13.4. The van der Waals surface area contributed by atoms with Gasteiger partial charge in [0.25, 0.3) is 5.91 Å². The average Bonchev–Trinajstić information content (AvgIpc) is 2.47. The van der Waals surface area contributed by atoms with E-state index in [1.807, 2.05) is 13.0 Å². The van der Waals surface area contributed by atoms with Gasteiger partial charge in [-0.3, -0.25) is 4.79 Å². The maximum absolute atomic E-state index is 12.5. The molecule has 1 heterocycles. The number of ether oxygens (including phenoxy) is 1. The summed E-state index contributed by atoms with van der Waals surface area (Å²) in [6, 6.07) is 8.89. The summed E-state index contributed by atoms with van der Waals surface area (Å²) in [5, 5.41) is 12.2. The molecule has 5 heteroatoms. The Morgan fingerprint density at radius 2 is 2.37 bits per heavy atom. The zero-order chi connectivity index (χ0) is 13.7. The van der Waals surface area contributed by atoms with Gasteiger partial charge in [0.15, 0.2) is 0 Å². The molecule has 2 rings (SSSR count). The van der Waals surface area contributed by atoms with E-state index in [-0.39, 0.29) is 5.91 Å². The molecule has 19 heavy (non-hydrogen) atoms. The minimum atomic E-state index is -0.420. The van der Waals surface area contributed by atoms with Gasteiger partial charge in [-0.25, -0.2) is 0 Å². The molecular formula is C14H17N3O2. The molecule has 0 radical (unpaired) electrons. The van der Waals surface area contributed by atoms with E-state index in [2.05, 4.69) is 11.4 Å². The SMILES string of the molecule is CCOc1ccccc1C(=O)N1CCNCC1C#N. The van der Waals surface area contributed by atoms with Crippen LogP contribution in [0.25, 0.3) is 0 Å². The smallest absolute Gasteiger partial charge is 0.258 e. The molecule has 0 bridgehead atoms. The zero-order valence-corrected chi connectivity index (χ0v) is 10.9. The van der Waals surface area contributed by atoms with Gasteiger partial charge in [0.05, 0.1) is 18.2 Å². The van der Waals surface area contributed by atoms with Crippen LogP contribution in [-0.4, -0.2) is 43.1 Å². The van der Waals surface area contributed by atoms with Gasteiger partial charge in [-0.05, 0) is 19.1 Å². The summed E-state index contributed by atoms with van der Waals surface area (Å²) in [5.41, 5.74) is 0.520. The Hall–Kier alpha value is -2.06. The van der Waals surface area contributed by atoms with Crippen molar-refractivity contribution in [2.45, 2.75) is 13.0 Å². The van der Waals surface area contributed by atoms with Crippen LogP contribution in [0.5, 0.6) is 5.75 Å². The molecule has 1 unspecified atom stereocenters. The molecule has 1 aromatic rings. The van der Waals surface area contributed by atoms with Crippen LogP contribution >= 0.6 is 0 Å². The number of carbonyl (C=O) groups excluding carboxylic acids is 1. The van der Waals surface area contributed by atoms with E-state index in [1.165, 1.54) is 0 Å². The number of piperazine rings is 1. The molecule has 1 atom stereocenters. The van der Waals surface area contributed by atoms with Gasteiger partial charge in [-0.1, -0.05) is 12.1 Å². The van der Waals surface area contributed by atoms with E-state index < -0.39 is 6.04 Å². The third-order valence-electron chi connectivity index (χ3n) is 3.07. The quantitative estimate of drug-likeness (QED) is 0.880. The fourth-order valence-corrected chi connectivity index (χ4v) is 2.14. The number of amides is 1. The van der Waals surface area contributed by atoms with Gasteiger partial charge >= 0.3 is 0 Å². The standard InChI is InChI=1S/C14H17N3O2/c1-2-19-13-6-4-3-5-12(13)14(18)17-8-7-16-10-11(17)9-15/h3-6,11,16H,2,7-8,10H2,1H3. The number of hydrogen-bond donors (Lipinski definition) is 1. The summed E-state index contributed by atoms with van der Waals surface area (Å²) < 4.78 is 5.47. The number of nitrogens with one attached hydrogen (secondary N) is 1. The number of benzene rings is 1. The second kappa shape index (κ2) is 6.21. The van der Waals surface area contributed by atoms with Crippen molar-refractivity contribution in [3.05, 3.63) is 29.8 Å². The Balaban J connectivity index is 2.25. The van der Waals surface area contributed by atoms with Crippen LogP contribution in [0.15, 0.2) is 24.3 Å². The van der Waals surface area contributed by atoms with Gasteiger partial charge in [-0.15, -0.1) is 0 Å². The normalized spacial score (nSPS) is 18.7. The van der Waals surface area contributed by atoms with E-state index in [4.69, 9.17) is 10.00 Å². The highest BCUT2D eigenvalue weighted by Gasteiger charge is 2.28. The first-order valence-corrected chi connectivity index (χ1v) is 6.41. The van der Waals surface area contributed by atoms with Crippen molar-refractivity contribution in [3.8, 4) is 11.8 Å². The Bertz CT molecular complexity index is 496. The molecule has 1 fully saturated rings. The van der Waals surface area contributed by atoms with Gasteiger partial charge in [0.2, 0.25) is 0 Å². The minimum Gasteiger partial charge on any atom is -0.493 e. The summed E-state index contributed by atoms with van der Waals surface area (Å²) in [5.74, 6) is 0.433. The lowest BCUT2D eigenvalue weighted by Gasteiger charge is -2.32. The van der Waals surface area contributed by atoms with Gasteiger partial charge in [0.1, 0.15) is 11.8 Å². The lowest BCUT2D eigenvalue weighted by molar-refractivity contribution is 0.0683. The lowest BCUT2D eigenvalue weighted by Crippen LogP contribution is -2.53. The van der Waals surface area contributed by atoms with Crippen molar-refractivity contribution in [1.29, 1.82) is 5.26 Å². The van der Waals surface area contributed by atoms with Crippen molar-refractivity contribution in [2.75, 3.05) is 26.2 Å². The first-order chi connectivity index (χ1) is 9.27. The second-order valence-corrected chi connectivity index (χ2v) is 4.28. The molecule has 1 aromatic carbocycles. The summed E-state index contributed by atoms with van der Waals surface area (Å²) in [6.45, 7) is 4.15. The fourth-order valence-electron chi connectivity index (χ4n) is 2.14. The molecule has 0 spiro atoms. The Morgan fingerprint density at radius 3 is 3.11 bits per heavy atom. The summed E-state index contributed by atoms with van der Waals surface area (Å²) in [6.07, 6.45) is 0. The molecule has 1 aliphatic heterocycles. The molecule has 1 aliphatic rings. The highest BCUT2D eigenvalue weighted by Crippen LogP contribution is 2.21. The Morgan fingerprint density at radius 1 is 1.58 bits per heavy atom. The summed E-state index contributed by atoms with van der Waals surface area (Å²) in [4.78, 5) is 14.1. The van der Waals surface area contributed by atoms with E-state index in [1.54, 1.807) is 23.1 Å². The first-order valence-electron chi connectivity index (χ1n) is 6.41. The highest BCUT2D eigenvalue weighted by molar-refractivity contribution is 5.97. The number of carbonyl (C=O) groups is 1. The second-order valence-electron chi connectivity index (χ2n) is 4.28. The minimum absolute atomic E-state index is 0.142. The largest absolute Gasteiger partial charge is 0.493 e. The van der Waals surface area contributed by atoms with Crippen LogP contribution in [0.1, 0.15) is 17.3 Å². The van der Waals surface area contributed by atoms with Gasteiger partial charge in [0, 0.05) is 19.6 Å². The number of nitriles is 1. The molecule has 5 nitrogen and oxygen atoms in total. The number of rotatable bonds is 3. The number of hydrogen-bond acceptors (Lipinski definition) is 4. The zero-order valence-electron chi connectivity index (χ0n) is 10.9. The molecule has 1 saturated heterocycles. The number of para-hydroxylation sites is 1. The van der Waals surface area contributed by atoms with Crippen LogP contribution in [0.2, 0.25) is 0 Å². The topological polar surface area (TPSA) is 65.4 Å². The Labute approximate surface area is 112 Å². The van der Waals surface area contributed by atoms with E-state index in [9.17, 15) is 4.79 Å². The van der Waals surface area contributed by atoms with Gasteiger partial charge in [-0.2, -0.15) is 5.26 Å². The van der Waals surface area contributed by atoms with Crippen molar-refractivity contribution in [2.24, 2.45) is 0 Å². The molecule has 0 saturated carbocycles. The summed E-state index contributed by atoms with van der Waals surface area (Å²) >= 11 is 0. The fraction of sp³-hybridized carbons (Fsp3) is 0.429. The third kappa shape index (κ3) is 2.85. The van der Waals surface area contributed by atoms with E-state index in [0.29, 0.717) is 37.6 Å². The average molecular weight is 259 g/mol. The van der Waals surface area contributed by atoms with E-state index in [0.717, 1.165) is 0 Å². The number of nitrogens with zero attached hydrogens (tertiary/aromatic N) is 2. The maximum Gasteiger partial charge on any atom is 0.258 e. The molecule has 0 aliphatic carbocycles. The third-order valence-corrected chi connectivity index (χ3v) is 3.07. The Kier molecular flexibility index (Phi) is 4.37. The van der Waals surface area contributed by atoms with Crippen LogP contribution < -0.4 is 10.1 Å². The summed E-state index contributed by atoms with van der Waals surface area (Å²) in [7, 11) is 0. The predicted octanol–water partition coefficient (Wildman–Crippen LogP) is 1.02. The van der Waals surface area contributed by atoms with Crippen LogP contribution in [0.3, 0.4) is 0 Å². The van der Waals surface area contributed by atoms with Crippen molar-refractivity contribution in [3.63, 3.8) is 0 Å². The molecule has 100 valence electrons. The monoisotopic (exact) mass is 259 g/mol. The van der Waals surface area contributed by atoms with Crippen molar-refractivity contribution < 1.29 is 9.53 Å². The van der Waals surface area contributed by atoms with Gasteiger partial charge < -0.3 is 15.0 Å². The lowest BCUT2D eigenvalue weighted by atomic mass is 10.1. The predicted molar refractivity (Wildman–Crippen MR) is 70.9 cm³/mol. The molecular weight excluding hydrogens is 242 g/mol. The molecule has 1 amide bonds. The molecule has 1 N–H and O–H groups in total. The van der Waals surface area contributed by atoms with Crippen LogP contribution in [-0.2, 0) is 0 Å². The van der Waals surface area contributed by atoms with Crippen LogP contribution in [0, 0.1) is 11.3 Å². The van der Waals surface area contributed by atoms with Crippen LogP contribution in [0.4, 0.5) is 0 Å². The van der Waals surface area contributed by atoms with Crippen molar-refractivity contribution in [1.82, 2.24) is 10.2 Å². The van der Waals surface area contributed by atoms with E-state index >= 15 is 0 Å². The molecule has 0 aromatic heterocycles.